The van der Waals surface area contributed by atoms with Crippen LogP contribution in [0.2, 0.25) is 0 Å². The van der Waals surface area contributed by atoms with Gasteiger partial charge in [0.05, 0.1) is 0 Å². The van der Waals surface area contributed by atoms with Gasteiger partial charge in [0.25, 0.3) is 0 Å². The van der Waals surface area contributed by atoms with Crippen LogP contribution in [0.25, 0.3) is 0 Å². The summed E-state index contributed by atoms with van der Waals surface area (Å²) in [5, 5.41) is 11.5. The van der Waals surface area contributed by atoms with Crippen LogP contribution in [-0.2, 0) is 0 Å². The summed E-state index contributed by atoms with van der Waals surface area (Å²) in [5.41, 5.74) is 0. The molecule has 1 aliphatic rings. The van der Waals surface area contributed by atoms with Gasteiger partial charge in [-0.25, -0.2) is 0 Å². The molecule has 2 N–H and O–H groups in total. The van der Waals surface area contributed by atoms with Gasteiger partial charge in [0, 0.05) is 12.6 Å². The van der Waals surface area contributed by atoms with Crippen molar-refractivity contribution in [3.63, 3.8) is 0 Å². The average Bonchev–Trinajstić information content (AvgIpc) is 2.43. The van der Waals surface area contributed by atoms with Crippen LogP contribution in [0.1, 0.15) is 6.42 Å². The third-order valence-corrected chi connectivity index (χ3v) is 1.53. The van der Waals surface area contributed by atoms with Gasteiger partial charge in [0.2, 0.25) is 0 Å². The van der Waals surface area contributed by atoms with E-state index in [1.165, 1.54) is 0 Å². The predicted octanol–water partition coefficient (Wildman–Crippen LogP) is -0.413. The first kappa shape index (κ1) is 5.06. The van der Waals surface area contributed by atoms with Crippen molar-refractivity contribution in [1.29, 1.82) is 0 Å². The van der Waals surface area contributed by atoms with Crippen LogP contribution in [0, 0.1) is 5.92 Å². The molecule has 1 rings (SSSR count). The Morgan fingerprint density at radius 3 is 2.71 bits per heavy atom. The topological polar surface area (TPSA) is 32.3 Å². The van der Waals surface area contributed by atoms with E-state index in [9.17, 15) is 0 Å². The first-order valence-electron chi connectivity index (χ1n) is 2.66. The van der Waals surface area contributed by atoms with E-state index in [0.717, 1.165) is 6.42 Å². The van der Waals surface area contributed by atoms with Crippen molar-refractivity contribution in [3.05, 3.63) is 0 Å². The Kier molecular flexibility index (Phi) is 1.30. The Bertz CT molecular complexity index is 57.1. The summed E-state index contributed by atoms with van der Waals surface area (Å²) in [6.07, 6.45) is 1.16. The second kappa shape index (κ2) is 1.80. The van der Waals surface area contributed by atoms with Crippen LogP contribution in [0.3, 0.4) is 0 Å². The highest BCUT2D eigenvalue weighted by Gasteiger charge is 2.34. The molecule has 0 unspecified atom stereocenters. The average molecular weight is 101 g/mol. The van der Waals surface area contributed by atoms with Crippen LogP contribution >= 0.6 is 0 Å². The largest absolute Gasteiger partial charge is 0.396 e. The van der Waals surface area contributed by atoms with Gasteiger partial charge in [-0.1, -0.05) is 0 Å². The summed E-state index contributed by atoms with van der Waals surface area (Å²) in [4.78, 5) is 0. The lowest BCUT2D eigenvalue weighted by Crippen LogP contribution is -2.11. The summed E-state index contributed by atoms with van der Waals surface area (Å²) >= 11 is 0. The first-order valence-corrected chi connectivity index (χ1v) is 2.66. The molecule has 0 amide bonds. The Morgan fingerprint density at radius 2 is 2.57 bits per heavy atom. The van der Waals surface area contributed by atoms with Crippen molar-refractivity contribution < 1.29 is 5.11 Å². The number of hydrogen-bond acceptors (Lipinski definition) is 2. The van der Waals surface area contributed by atoms with E-state index in [1.54, 1.807) is 0 Å². The molecular formula is C5H11NO. The normalized spacial score (nSPS) is 38.6. The summed E-state index contributed by atoms with van der Waals surface area (Å²) in [5.74, 6) is 0.560. The van der Waals surface area contributed by atoms with Gasteiger partial charge in [-0.15, -0.1) is 0 Å². The lowest BCUT2D eigenvalue weighted by Gasteiger charge is -1.88. The van der Waals surface area contributed by atoms with Crippen LogP contribution in [0.4, 0.5) is 0 Å². The fourth-order valence-corrected chi connectivity index (χ4v) is 0.803. The minimum Gasteiger partial charge on any atom is -0.396 e. The molecule has 0 aromatic rings. The molecule has 42 valence electrons. The summed E-state index contributed by atoms with van der Waals surface area (Å²) in [6.45, 7) is 0.353. The maximum Gasteiger partial charge on any atom is 0.0474 e. The summed E-state index contributed by atoms with van der Waals surface area (Å²) in [7, 11) is 1.93. The monoisotopic (exact) mass is 101 g/mol. The molecule has 0 heterocycles. The van der Waals surface area contributed by atoms with Crippen molar-refractivity contribution in [2.24, 2.45) is 5.92 Å². The Balaban J connectivity index is 2.06. The highest BCUT2D eigenvalue weighted by atomic mass is 16.3. The second-order valence-corrected chi connectivity index (χ2v) is 2.07. The van der Waals surface area contributed by atoms with E-state index >= 15 is 0 Å². The number of nitrogens with one attached hydrogen (secondary N) is 1. The molecule has 2 atom stereocenters. The molecule has 0 aromatic carbocycles. The standard InChI is InChI=1S/C5H11NO/c1-6-5-2-4(5)3-7/h4-7H,2-3H2,1H3/t4-,5-/m1/s1. The van der Waals surface area contributed by atoms with Crippen molar-refractivity contribution in [2.45, 2.75) is 12.5 Å². The van der Waals surface area contributed by atoms with E-state index in [1.807, 2.05) is 7.05 Å². The van der Waals surface area contributed by atoms with Gasteiger partial charge in [-0.3, -0.25) is 0 Å². The smallest absolute Gasteiger partial charge is 0.0474 e. The van der Waals surface area contributed by atoms with Crippen LogP contribution in [-0.4, -0.2) is 24.8 Å². The lowest BCUT2D eigenvalue weighted by molar-refractivity contribution is 0.272. The Morgan fingerprint density at radius 1 is 1.86 bits per heavy atom. The lowest BCUT2D eigenvalue weighted by atomic mass is 10.4. The molecule has 0 aliphatic heterocycles. The minimum atomic E-state index is 0.353. The van der Waals surface area contributed by atoms with Gasteiger partial charge in [-0.2, -0.15) is 0 Å². The molecule has 0 bridgehead atoms. The Labute approximate surface area is 43.5 Å². The zero-order chi connectivity index (χ0) is 5.28. The number of hydrogen-bond donors (Lipinski definition) is 2. The quantitative estimate of drug-likeness (QED) is 0.495. The van der Waals surface area contributed by atoms with E-state index in [2.05, 4.69) is 5.32 Å². The van der Waals surface area contributed by atoms with Crippen molar-refractivity contribution in [1.82, 2.24) is 5.32 Å². The fourth-order valence-electron chi connectivity index (χ4n) is 0.803. The molecule has 0 radical (unpaired) electrons. The highest BCUT2D eigenvalue weighted by molar-refractivity contribution is 4.90. The molecule has 0 saturated heterocycles. The van der Waals surface area contributed by atoms with Gasteiger partial charge in [0.15, 0.2) is 0 Å². The molecule has 1 saturated carbocycles. The van der Waals surface area contributed by atoms with Crippen molar-refractivity contribution >= 4 is 0 Å². The zero-order valence-electron chi connectivity index (χ0n) is 4.52. The minimum absolute atomic E-state index is 0.353. The van der Waals surface area contributed by atoms with Gasteiger partial charge in [0.1, 0.15) is 0 Å². The first-order chi connectivity index (χ1) is 3.38. The third-order valence-electron chi connectivity index (χ3n) is 1.53. The van der Waals surface area contributed by atoms with Crippen LogP contribution in [0.5, 0.6) is 0 Å². The zero-order valence-corrected chi connectivity index (χ0v) is 4.52. The van der Waals surface area contributed by atoms with Crippen molar-refractivity contribution in [2.75, 3.05) is 13.7 Å². The molecular weight excluding hydrogens is 90.1 g/mol. The number of rotatable bonds is 2. The molecule has 7 heavy (non-hydrogen) atoms. The molecule has 1 fully saturated rings. The molecule has 0 spiro atoms. The molecule has 2 heteroatoms. The van der Waals surface area contributed by atoms with E-state index in [-0.39, 0.29) is 0 Å². The van der Waals surface area contributed by atoms with Gasteiger partial charge < -0.3 is 10.4 Å². The maximum atomic E-state index is 8.47. The SMILES string of the molecule is CN[C@@H]1C[C@@H]1CO. The molecule has 0 aromatic heterocycles. The second-order valence-electron chi connectivity index (χ2n) is 2.07. The van der Waals surface area contributed by atoms with E-state index < -0.39 is 0 Å². The summed E-state index contributed by atoms with van der Waals surface area (Å²) < 4.78 is 0. The molecule has 2 nitrogen and oxygen atoms in total. The number of aliphatic hydroxyl groups is 1. The maximum absolute atomic E-state index is 8.47. The number of aliphatic hydroxyl groups excluding tert-OH is 1. The van der Waals surface area contributed by atoms with Gasteiger partial charge >= 0.3 is 0 Å². The highest BCUT2D eigenvalue weighted by Crippen LogP contribution is 2.28. The van der Waals surface area contributed by atoms with Crippen molar-refractivity contribution in [3.8, 4) is 0 Å². The molecule has 1 aliphatic carbocycles. The van der Waals surface area contributed by atoms with Crippen LogP contribution < -0.4 is 5.32 Å². The predicted molar refractivity (Wildman–Crippen MR) is 28.0 cm³/mol. The third kappa shape index (κ3) is 0.924. The van der Waals surface area contributed by atoms with E-state index in [0.29, 0.717) is 18.6 Å². The van der Waals surface area contributed by atoms with E-state index in [4.69, 9.17) is 5.11 Å². The fraction of sp³-hybridized carbons (Fsp3) is 1.00. The van der Waals surface area contributed by atoms with Crippen LogP contribution in [0.15, 0.2) is 0 Å². The summed E-state index contributed by atoms with van der Waals surface area (Å²) in [6, 6.07) is 0.616. The Hall–Kier alpha value is -0.0800. The van der Waals surface area contributed by atoms with Gasteiger partial charge in [-0.05, 0) is 19.4 Å².